The predicted octanol–water partition coefficient (Wildman–Crippen LogP) is 1.65. The maximum atomic E-state index is 12.5. The molecule has 1 amide bonds. The van der Waals surface area contributed by atoms with Crippen LogP contribution in [0.2, 0.25) is 0 Å². The zero-order valence-corrected chi connectivity index (χ0v) is 14.0. The number of carbonyl (C=O) groups is 2. The first kappa shape index (κ1) is 16.4. The minimum absolute atomic E-state index is 0.00329. The third-order valence-corrected chi connectivity index (χ3v) is 4.20. The van der Waals surface area contributed by atoms with Crippen LogP contribution in [0.4, 0.5) is 0 Å². The van der Waals surface area contributed by atoms with E-state index < -0.39 is 0 Å². The molecule has 1 aliphatic heterocycles. The highest BCUT2D eigenvalue weighted by atomic mass is 16.5. The zero-order valence-electron chi connectivity index (χ0n) is 14.0. The minimum Gasteiger partial charge on any atom is -0.462 e. The molecule has 1 aromatic heterocycles. The van der Waals surface area contributed by atoms with Crippen LogP contribution in [0.3, 0.4) is 0 Å². The molecule has 0 radical (unpaired) electrons. The smallest absolute Gasteiger partial charge is 0.340 e. The molecule has 2 heterocycles. The quantitative estimate of drug-likeness (QED) is 0.865. The second-order valence-corrected chi connectivity index (χ2v) is 5.86. The highest BCUT2D eigenvalue weighted by Crippen LogP contribution is 2.24. The molecule has 6 heteroatoms. The molecule has 1 aromatic carbocycles. The molecule has 0 bridgehead atoms. The number of benzene rings is 1. The van der Waals surface area contributed by atoms with Crippen LogP contribution in [0, 0.1) is 6.92 Å². The van der Waals surface area contributed by atoms with Crippen molar-refractivity contribution in [3.05, 3.63) is 41.1 Å². The summed E-state index contributed by atoms with van der Waals surface area (Å²) in [5.74, 6) is -0.360. The lowest BCUT2D eigenvalue weighted by Crippen LogP contribution is -2.47. The summed E-state index contributed by atoms with van der Waals surface area (Å²) < 4.78 is 5.23. The molecule has 0 unspecified atom stereocenters. The number of aryl methyl sites for hydroxylation is 1. The Bertz CT molecular complexity index is 788. The van der Waals surface area contributed by atoms with Gasteiger partial charge >= 0.3 is 5.97 Å². The fourth-order valence-corrected chi connectivity index (χ4v) is 3.07. The van der Waals surface area contributed by atoms with Crippen molar-refractivity contribution >= 4 is 22.8 Å². The van der Waals surface area contributed by atoms with Crippen molar-refractivity contribution in [2.24, 2.45) is 0 Å². The number of amides is 1. The number of ether oxygens (including phenoxy) is 1. The van der Waals surface area contributed by atoms with E-state index in [1.165, 1.54) is 0 Å². The first-order chi connectivity index (χ1) is 11.6. The Morgan fingerprint density at radius 3 is 2.92 bits per heavy atom. The first-order valence-electron chi connectivity index (χ1n) is 8.14. The van der Waals surface area contributed by atoms with Crippen molar-refractivity contribution < 1.29 is 14.3 Å². The Morgan fingerprint density at radius 2 is 2.17 bits per heavy atom. The van der Waals surface area contributed by atoms with Gasteiger partial charge in [-0.15, -0.1) is 0 Å². The molecule has 0 atom stereocenters. The Kier molecular flexibility index (Phi) is 4.76. The van der Waals surface area contributed by atoms with Gasteiger partial charge in [0.2, 0.25) is 5.91 Å². The van der Waals surface area contributed by atoms with E-state index in [9.17, 15) is 9.59 Å². The van der Waals surface area contributed by atoms with Crippen molar-refractivity contribution in [3.8, 4) is 0 Å². The lowest BCUT2D eigenvalue weighted by atomic mass is 10.0. The Labute approximate surface area is 140 Å². The van der Waals surface area contributed by atoms with E-state index in [-0.39, 0.29) is 11.9 Å². The van der Waals surface area contributed by atoms with Gasteiger partial charge in [0.05, 0.1) is 29.9 Å². The number of esters is 1. The van der Waals surface area contributed by atoms with Gasteiger partial charge in [-0.2, -0.15) is 0 Å². The summed E-state index contributed by atoms with van der Waals surface area (Å²) in [7, 11) is 0. The number of rotatable bonds is 4. The fourth-order valence-electron chi connectivity index (χ4n) is 3.07. The summed E-state index contributed by atoms with van der Waals surface area (Å²) in [6.07, 6.45) is 0. The number of para-hydroxylation sites is 1. The molecule has 0 saturated carbocycles. The van der Waals surface area contributed by atoms with Gasteiger partial charge in [-0.05, 0) is 25.5 Å². The highest BCUT2D eigenvalue weighted by Gasteiger charge is 2.23. The summed E-state index contributed by atoms with van der Waals surface area (Å²) in [6.45, 7) is 6.14. The van der Waals surface area contributed by atoms with Gasteiger partial charge in [0.1, 0.15) is 0 Å². The van der Waals surface area contributed by atoms with Crippen LogP contribution in [0.25, 0.3) is 10.9 Å². The molecule has 2 aromatic rings. The zero-order chi connectivity index (χ0) is 17.1. The van der Waals surface area contributed by atoms with Crippen LogP contribution >= 0.6 is 0 Å². The number of piperazine rings is 1. The summed E-state index contributed by atoms with van der Waals surface area (Å²) >= 11 is 0. The number of nitrogens with one attached hydrogen (secondary N) is 1. The molecule has 1 N–H and O–H groups in total. The van der Waals surface area contributed by atoms with E-state index in [1.54, 1.807) is 6.92 Å². The summed E-state index contributed by atoms with van der Waals surface area (Å²) in [5, 5.41) is 3.75. The number of hydrogen-bond acceptors (Lipinski definition) is 5. The highest BCUT2D eigenvalue weighted by molar-refractivity contribution is 5.98. The van der Waals surface area contributed by atoms with E-state index in [0.717, 1.165) is 23.0 Å². The van der Waals surface area contributed by atoms with Gasteiger partial charge in [-0.25, -0.2) is 4.79 Å². The third-order valence-electron chi connectivity index (χ3n) is 4.20. The van der Waals surface area contributed by atoms with Crippen LogP contribution < -0.4 is 5.32 Å². The Hall–Kier alpha value is -2.47. The number of carbonyl (C=O) groups excluding carboxylic acids is 2. The maximum Gasteiger partial charge on any atom is 0.340 e. The molecule has 24 heavy (non-hydrogen) atoms. The van der Waals surface area contributed by atoms with E-state index in [2.05, 4.69) is 10.3 Å². The predicted molar refractivity (Wildman–Crippen MR) is 90.7 cm³/mol. The van der Waals surface area contributed by atoms with Crippen molar-refractivity contribution in [1.29, 1.82) is 0 Å². The van der Waals surface area contributed by atoms with Crippen LogP contribution in [-0.4, -0.2) is 48.0 Å². The van der Waals surface area contributed by atoms with E-state index in [0.29, 0.717) is 37.5 Å². The summed E-state index contributed by atoms with van der Waals surface area (Å²) in [4.78, 5) is 30.8. The molecule has 1 aliphatic rings. The monoisotopic (exact) mass is 327 g/mol. The molecular formula is C18H21N3O3. The average molecular weight is 327 g/mol. The van der Waals surface area contributed by atoms with Crippen molar-refractivity contribution in [1.82, 2.24) is 15.2 Å². The normalized spacial score (nSPS) is 15.3. The maximum absolute atomic E-state index is 12.5. The van der Waals surface area contributed by atoms with Crippen molar-refractivity contribution in [2.75, 3.05) is 26.2 Å². The Balaban J connectivity index is 2.04. The molecular weight excluding hydrogens is 306 g/mol. The second-order valence-electron chi connectivity index (χ2n) is 5.86. The molecule has 3 rings (SSSR count). The lowest BCUT2D eigenvalue weighted by molar-refractivity contribution is -0.124. The molecule has 1 saturated heterocycles. The average Bonchev–Trinajstić information content (AvgIpc) is 2.55. The number of nitrogens with zero attached hydrogens (tertiary/aromatic N) is 2. The molecule has 1 fully saturated rings. The fraction of sp³-hybridized carbons (Fsp3) is 0.389. The minimum atomic E-state index is -0.357. The van der Waals surface area contributed by atoms with Gasteiger partial charge in [0.25, 0.3) is 0 Å². The van der Waals surface area contributed by atoms with Crippen LogP contribution in [0.15, 0.2) is 24.3 Å². The van der Waals surface area contributed by atoms with Gasteiger partial charge in [0.15, 0.2) is 0 Å². The van der Waals surface area contributed by atoms with Crippen molar-refractivity contribution in [3.63, 3.8) is 0 Å². The Morgan fingerprint density at radius 1 is 1.38 bits per heavy atom. The first-order valence-corrected chi connectivity index (χ1v) is 8.14. The van der Waals surface area contributed by atoms with Gasteiger partial charge in [0, 0.05) is 25.0 Å². The largest absolute Gasteiger partial charge is 0.462 e. The summed E-state index contributed by atoms with van der Waals surface area (Å²) in [5.41, 5.74) is 2.90. The lowest BCUT2D eigenvalue weighted by Gasteiger charge is -2.27. The molecule has 126 valence electrons. The molecule has 0 aliphatic carbocycles. The third kappa shape index (κ3) is 3.23. The van der Waals surface area contributed by atoms with E-state index >= 15 is 0 Å². The number of hydrogen-bond donors (Lipinski definition) is 1. The standard InChI is InChI=1S/C18H21N3O3/c1-3-24-18(23)17-12(2)13-6-4-5-7-14(13)20-15(17)10-21-9-8-19-16(22)11-21/h4-7H,3,8-11H2,1-2H3,(H,19,22). The second kappa shape index (κ2) is 6.97. The van der Waals surface area contributed by atoms with E-state index in [1.807, 2.05) is 36.1 Å². The number of pyridine rings is 1. The van der Waals surface area contributed by atoms with Gasteiger partial charge in [-0.1, -0.05) is 18.2 Å². The van der Waals surface area contributed by atoms with Gasteiger partial charge < -0.3 is 10.1 Å². The topological polar surface area (TPSA) is 71.5 Å². The molecule has 6 nitrogen and oxygen atoms in total. The SMILES string of the molecule is CCOC(=O)c1c(CN2CCNC(=O)C2)nc2ccccc2c1C. The van der Waals surface area contributed by atoms with Crippen LogP contribution in [0.1, 0.15) is 28.5 Å². The van der Waals surface area contributed by atoms with E-state index in [4.69, 9.17) is 4.74 Å². The van der Waals surface area contributed by atoms with Crippen LogP contribution in [-0.2, 0) is 16.1 Å². The van der Waals surface area contributed by atoms with Gasteiger partial charge in [-0.3, -0.25) is 14.7 Å². The van der Waals surface area contributed by atoms with Crippen LogP contribution in [0.5, 0.6) is 0 Å². The number of fused-ring (bicyclic) bond motifs is 1. The number of aromatic nitrogens is 1. The molecule has 0 spiro atoms. The summed E-state index contributed by atoms with van der Waals surface area (Å²) in [6, 6.07) is 7.75. The van der Waals surface area contributed by atoms with Crippen molar-refractivity contribution in [2.45, 2.75) is 20.4 Å².